The molecule has 94 valence electrons. The molecule has 0 unspecified atom stereocenters. The lowest BCUT2D eigenvalue weighted by Gasteiger charge is -2.23. The van der Waals surface area contributed by atoms with Gasteiger partial charge in [-0.1, -0.05) is 17.7 Å². The molecule has 17 heavy (non-hydrogen) atoms. The highest BCUT2D eigenvalue weighted by Gasteiger charge is 2.26. The Kier molecular flexibility index (Phi) is 3.91. The Labute approximate surface area is 106 Å². The first-order chi connectivity index (χ1) is 8.08. The van der Waals surface area contributed by atoms with Gasteiger partial charge in [-0.05, 0) is 44.1 Å². The van der Waals surface area contributed by atoms with Crippen LogP contribution >= 0.6 is 11.6 Å². The summed E-state index contributed by atoms with van der Waals surface area (Å²) in [4.78, 5) is 0. The molecule has 1 aliphatic heterocycles. The van der Waals surface area contributed by atoms with Gasteiger partial charge in [0, 0.05) is 10.7 Å². The van der Waals surface area contributed by atoms with Gasteiger partial charge in [0.1, 0.15) is 0 Å². The largest absolute Gasteiger partial charge is 0.317 e. The number of halogens is 1. The van der Waals surface area contributed by atoms with E-state index in [1.807, 2.05) is 0 Å². The number of benzene rings is 1. The van der Waals surface area contributed by atoms with Gasteiger partial charge in [0.2, 0.25) is 10.0 Å². The van der Waals surface area contributed by atoms with Crippen molar-refractivity contribution in [3.05, 3.63) is 29.3 Å². The maximum atomic E-state index is 12.1. The van der Waals surface area contributed by atoms with Gasteiger partial charge in [0.25, 0.3) is 0 Å². The van der Waals surface area contributed by atoms with E-state index < -0.39 is 10.0 Å². The zero-order chi connectivity index (χ0) is 12.3. The van der Waals surface area contributed by atoms with E-state index in [9.17, 15) is 8.42 Å². The molecule has 1 aromatic carbocycles. The van der Waals surface area contributed by atoms with Crippen LogP contribution in [0.5, 0.6) is 0 Å². The quantitative estimate of drug-likeness (QED) is 0.884. The molecule has 0 atom stereocenters. The Bertz CT molecular complexity index is 484. The number of piperidine rings is 1. The van der Waals surface area contributed by atoms with E-state index in [4.69, 9.17) is 11.6 Å². The molecule has 2 N–H and O–H groups in total. The molecule has 0 spiro atoms. The van der Waals surface area contributed by atoms with Crippen LogP contribution in [-0.2, 0) is 10.0 Å². The Morgan fingerprint density at radius 2 is 2.00 bits per heavy atom. The maximum Gasteiger partial charge on any atom is 0.235 e. The van der Waals surface area contributed by atoms with Crippen molar-refractivity contribution in [3.8, 4) is 0 Å². The van der Waals surface area contributed by atoms with Gasteiger partial charge in [-0.2, -0.15) is 0 Å². The van der Waals surface area contributed by atoms with Gasteiger partial charge in [-0.3, -0.25) is 4.72 Å². The fourth-order valence-corrected chi connectivity index (χ4v) is 3.57. The summed E-state index contributed by atoms with van der Waals surface area (Å²) in [5.41, 5.74) is 0.524. The van der Waals surface area contributed by atoms with Gasteiger partial charge in [0.15, 0.2) is 0 Å². The van der Waals surface area contributed by atoms with Crippen LogP contribution in [-0.4, -0.2) is 26.8 Å². The molecule has 2 rings (SSSR count). The highest BCUT2D eigenvalue weighted by atomic mass is 35.5. The topological polar surface area (TPSA) is 58.2 Å². The molecule has 0 bridgehead atoms. The minimum absolute atomic E-state index is 0.317. The smallest absolute Gasteiger partial charge is 0.235 e. The molecule has 0 radical (unpaired) electrons. The van der Waals surface area contributed by atoms with Crippen molar-refractivity contribution in [2.24, 2.45) is 0 Å². The normalized spacial score (nSPS) is 17.9. The van der Waals surface area contributed by atoms with Crippen LogP contribution in [0.4, 0.5) is 5.69 Å². The minimum atomic E-state index is -3.30. The van der Waals surface area contributed by atoms with Crippen molar-refractivity contribution in [2.45, 2.75) is 18.1 Å². The van der Waals surface area contributed by atoms with Crippen LogP contribution in [0, 0.1) is 0 Å². The summed E-state index contributed by atoms with van der Waals surface area (Å²) in [5, 5.41) is 3.35. The fraction of sp³-hybridized carbons (Fsp3) is 0.455. The summed E-state index contributed by atoms with van der Waals surface area (Å²) in [6, 6.07) is 6.75. The van der Waals surface area contributed by atoms with Crippen LogP contribution < -0.4 is 10.0 Å². The van der Waals surface area contributed by atoms with Gasteiger partial charge >= 0.3 is 0 Å². The Morgan fingerprint density at radius 3 is 2.65 bits per heavy atom. The zero-order valence-corrected chi connectivity index (χ0v) is 10.9. The summed E-state index contributed by atoms with van der Waals surface area (Å²) >= 11 is 5.81. The van der Waals surface area contributed by atoms with Gasteiger partial charge in [0.05, 0.1) is 5.25 Å². The average Bonchev–Trinajstić information content (AvgIpc) is 2.29. The molecule has 1 aliphatic rings. The molecule has 1 fully saturated rings. The molecule has 0 aromatic heterocycles. The van der Waals surface area contributed by atoms with Crippen molar-refractivity contribution < 1.29 is 8.42 Å². The first-order valence-electron chi connectivity index (χ1n) is 5.56. The first-order valence-corrected chi connectivity index (χ1v) is 7.48. The van der Waals surface area contributed by atoms with Crippen LogP contribution in [0.25, 0.3) is 0 Å². The van der Waals surface area contributed by atoms with Crippen molar-refractivity contribution in [2.75, 3.05) is 17.8 Å². The van der Waals surface area contributed by atoms with E-state index in [0.29, 0.717) is 23.6 Å². The van der Waals surface area contributed by atoms with E-state index in [1.54, 1.807) is 24.3 Å². The van der Waals surface area contributed by atoms with Gasteiger partial charge < -0.3 is 5.32 Å². The fourth-order valence-electron chi connectivity index (χ4n) is 1.91. The predicted octanol–water partition coefficient (Wildman–Crippen LogP) is 1.83. The SMILES string of the molecule is O=S(=O)(Nc1cccc(Cl)c1)C1CCNCC1. The Hall–Kier alpha value is -0.780. The van der Waals surface area contributed by atoms with E-state index >= 15 is 0 Å². The van der Waals surface area contributed by atoms with Crippen LogP contribution in [0.2, 0.25) is 5.02 Å². The molecule has 0 saturated carbocycles. The lowest BCUT2D eigenvalue weighted by molar-refractivity contribution is 0.499. The Balaban J connectivity index is 2.11. The lowest BCUT2D eigenvalue weighted by atomic mass is 10.2. The summed E-state index contributed by atoms with van der Waals surface area (Å²) in [6.45, 7) is 1.50. The number of nitrogens with one attached hydrogen (secondary N) is 2. The molecule has 0 aliphatic carbocycles. The molecule has 1 aromatic rings. The van der Waals surface area contributed by atoms with Gasteiger partial charge in [-0.25, -0.2) is 8.42 Å². The first kappa shape index (κ1) is 12.7. The predicted molar refractivity (Wildman–Crippen MR) is 69.9 cm³/mol. The second-order valence-corrected chi connectivity index (χ2v) is 6.50. The summed E-state index contributed by atoms with van der Waals surface area (Å²) in [5.74, 6) is 0. The lowest BCUT2D eigenvalue weighted by Crippen LogP contribution is -2.38. The molecule has 6 heteroatoms. The van der Waals surface area contributed by atoms with Gasteiger partial charge in [-0.15, -0.1) is 0 Å². The third-order valence-electron chi connectivity index (χ3n) is 2.81. The zero-order valence-electron chi connectivity index (χ0n) is 9.32. The molecule has 1 saturated heterocycles. The monoisotopic (exact) mass is 274 g/mol. The molecule has 4 nitrogen and oxygen atoms in total. The average molecular weight is 275 g/mol. The van der Waals surface area contributed by atoms with E-state index in [2.05, 4.69) is 10.0 Å². The number of sulfonamides is 1. The second kappa shape index (κ2) is 5.25. The minimum Gasteiger partial charge on any atom is -0.317 e. The van der Waals surface area contributed by atoms with Crippen molar-refractivity contribution >= 4 is 27.3 Å². The van der Waals surface area contributed by atoms with Crippen molar-refractivity contribution in [1.82, 2.24) is 5.32 Å². The highest BCUT2D eigenvalue weighted by molar-refractivity contribution is 7.93. The number of hydrogen-bond acceptors (Lipinski definition) is 3. The van der Waals surface area contributed by atoms with E-state index in [-0.39, 0.29) is 5.25 Å². The van der Waals surface area contributed by atoms with E-state index in [0.717, 1.165) is 13.1 Å². The molecule has 0 amide bonds. The summed E-state index contributed by atoms with van der Waals surface area (Å²) in [7, 11) is -3.30. The van der Waals surface area contributed by atoms with Crippen LogP contribution in [0.3, 0.4) is 0 Å². The molecular weight excluding hydrogens is 260 g/mol. The summed E-state index contributed by atoms with van der Waals surface area (Å²) in [6.07, 6.45) is 1.30. The second-order valence-electron chi connectivity index (χ2n) is 4.11. The number of hydrogen-bond donors (Lipinski definition) is 2. The molecule has 1 heterocycles. The van der Waals surface area contributed by atoms with Crippen LogP contribution in [0.1, 0.15) is 12.8 Å². The van der Waals surface area contributed by atoms with E-state index in [1.165, 1.54) is 0 Å². The highest BCUT2D eigenvalue weighted by Crippen LogP contribution is 2.20. The third-order valence-corrected chi connectivity index (χ3v) is 4.91. The third kappa shape index (κ3) is 3.34. The van der Waals surface area contributed by atoms with Crippen molar-refractivity contribution in [3.63, 3.8) is 0 Å². The summed E-state index contributed by atoms with van der Waals surface area (Å²) < 4.78 is 26.8. The standard InChI is InChI=1S/C11H15ClN2O2S/c12-9-2-1-3-10(8-9)14-17(15,16)11-4-6-13-7-5-11/h1-3,8,11,13-14H,4-7H2. The maximum absolute atomic E-state index is 12.1. The Morgan fingerprint density at radius 1 is 1.29 bits per heavy atom. The van der Waals surface area contributed by atoms with Crippen LogP contribution in [0.15, 0.2) is 24.3 Å². The van der Waals surface area contributed by atoms with Crippen molar-refractivity contribution in [1.29, 1.82) is 0 Å². The number of anilines is 1. The molecular formula is C11H15ClN2O2S. The number of rotatable bonds is 3.